The van der Waals surface area contributed by atoms with Crippen molar-refractivity contribution in [2.45, 2.75) is 53.3 Å². The van der Waals surface area contributed by atoms with Gasteiger partial charge in [-0.15, -0.1) is 0 Å². The number of anilines is 1. The summed E-state index contributed by atoms with van der Waals surface area (Å²) in [4.78, 5) is 28.0. The number of halogens is 2. The largest absolute Gasteiger partial charge is 0.315 e. The molecule has 4 rings (SSSR count). The van der Waals surface area contributed by atoms with E-state index >= 15 is 0 Å². The molecule has 2 amide bonds. The molecule has 0 atom stereocenters. The lowest BCUT2D eigenvalue weighted by Gasteiger charge is -2.28. The maximum atomic E-state index is 13.4. The minimum absolute atomic E-state index is 0.0199. The van der Waals surface area contributed by atoms with Crippen LogP contribution in [0.1, 0.15) is 36.2 Å². The van der Waals surface area contributed by atoms with Gasteiger partial charge in [0.2, 0.25) is 5.91 Å². The van der Waals surface area contributed by atoms with Crippen molar-refractivity contribution in [3.8, 4) is 0 Å². The van der Waals surface area contributed by atoms with E-state index in [0.29, 0.717) is 43.8 Å². The molecule has 0 saturated carbocycles. The van der Waals surface area contributed by atoms with Crippen molar-refractivity contribution < 1.29 is 18.4 Å². The molecule has 0 spiro atoms. The highest BCUT2D eigenvalue weighted by molar-refractivity contribution is 5.98. The number of hydrazine groups is 1. The normalized spacial score (nSPS) is 13.3. The van der Waals surface area contributed by atoms with E-state index in [0.717, 1.165) is 23.2 Å². The quantitative estimate of drug-likeness (QED) is 0.316. The zero-order valence-electron chi connectivity index (χ0n) is 23.7. The lowest BCUT2D eigenvalue weighted by molar-refractivity contribution is -0.145. The van der Waals surface area contributed by atoms with Crippen molar-refractivity contribution in [1.82, 2.24) is 30.4 Å². The molecule has 0 unspecified atom stereocenters. The fraction of sp³-hybridized carbons (Fsp3) is 0.483. The van der Waals surface area contributed by atoms with E-state index in [1.54, 1.807) is 23.0 Å². The summed E-state index contributed by atoms with van der Waals surface area (Å²) >= 11 is 0. The van der Waals surface area contributed by atoms with Gasteiger partial charge in [0.05, 0.1) is 18.6 Å². The molecule has 40 heavy (non-hydrogen) atoms. The van der Waals surface area contributed by atoms with E-state index in [9.17, 15) is 18.4 Å². The second kappa shape index (κ2) is 13.3. The molecule has 2 N–H and O–H groups in total. The smallest absolute Gasteiger partial charge is 0.257 e. The number of amides is 2. The second-order valence-corrected chi connectivity index (χ2v) is 10.0. The van der Waals surface area contributed by atoms with E-state index in [4.69, 9.17) is 0 Å². The lowest BCUT2D eigenvalue weighted by atomic mass is 10.1. The third kappa shape index (κ3) is 6.65. The fourth-order valence-corrected chi connectivity index (χ4v) is 5.19. The first-order chi connectivity index (χ1) is 19.2. The Labute approximate surface area is 234 Å². The van der Waals surface area contributed by atoms with Gasteiger partial charge in [-0.2, -0.15) is 5.10 Å². The van der Waals surface area contributed by atoms with Gasteiger partial charge in [-0.05, 0) is 48.7 Å². The molecule has 2 aromatic carbocycles. The Balaban J connectivity index is 1.44. The predicted molar refractivity (Wildman–Crippen MR) is 152 cm³/mol. The zero-order valence-corrected chi connectivity index (χ0v) is 23.7. The van der Waals surface area contributed by atoms with E-state index < -0.39 is 13.0 Å². The van der Waals surface area contributed by atoms with Gasteiger partial charge in [0, 0.05) is 50.0 Å². The van der Waals surface area contributed by atoms with Gasteiger partial charge in [0.15, 0.2) is 0 Å². The van der Waals surface area contributed by atoms with Crippen molar-refractivity contribution in [3.63, 3.8) is 0 Å². The molecular weight excluding hydrogens is 516 g/mol. The molecule has 0 saturated heterocycles. The van der Waals surface area contributed by atoms with Crippen LogP contribution in [0, 0.1) is 6.92 Å². The average Bonchev–Trinajstić information content (AvgIpc) is 3.50. The molecule has 11 heteroatoms. The lowest BCUT2D eigenvalue weighted by Crippen LogP contribution is -2.47. The van der Waals surface area contributed by atoms with Gasteiger partial charge >= 0.3 is 0 Å². The minimum Gasteiger partial charge on any atom is -0.315 e. The Kier molecular flexibility index (Phi) is 9.83. The van der Waals surface area contributed by atoms with Crippen LogP contribution in [0.5, 0.6) is 0 Å². The molecule has 0 fully saturated rings. The van der Waals surface area contributed by atoms with Crippen LogP contribution in [0.25, 0.3) is 10.9 Å². The van der Waals surface area contributed by atoms with Gasteiger partial charge in [0.25, 0.3) is 12.3 Å². The zero-order chi connectivity index (χ0) is 28.8. The predicted octanol–water partition coefficient (Wildman–Crippen LogP) is 3.09. The van der Waals surface area contributed by atoms with E-state index in [1.165, 1.54) is 15.8 Å². The van der Waals surface area contributed by atoms with Crippen LogP contribution in [0.2, 0.25) is 0 Å². The molecule has 1 aromatic heterocycles. The van der Waals surface area contributed by atoms with Crippen LogP contribution < -0.4 is 15.5 Å². The summed E-state index contributed by atoms with van der Waals surface area (Å²) in [6.07, 6.45) is -1.94. The first-order valence-corrected chi connectivity index (χ1v) is 13.8. The number of rotatable bonds is 13. The second-order valence-electron chi connectivity index (χ2n) is 10.0. The number of aryl methyl sites for hydroxylation is 2. The van der Waals surface area contributed by atoms with Crippen LogP contribution in [0.15, 0.2) is 36.4 Å². The van der Waals surface area contributed by atoms with E-state index in [-0.39, 0.29) is 24.9 Å². The van der Waals surface area contributed by atoms with Gasteiger partial charge in [-0.1, -0.05) is 38.1 Å². The number of carbonyl (C=O) groups excluding carboxylic acids is 2. The highest BCUT2D eigenvalue weighted by Gasteiger charge is 2.25. The van der Waals surface area contributed by atoms with E-state index in [2.05, 4.69) is 27.9 Å². The highest BCUT2D eigenvalue weighted by atomic mass is 19.3. The van der Waals surface area contributed by atoms with Crippen LogP contribution in [-0.2, 0) is 35.6 Å². The van der Waals surface area contributed by atoms with Gasteiger partial charge in [-0.3, -0.25) is 24.6 Å². The molecule has 1 aliphatic rings. The van der Waals surface area contributed by atoms with Gasteiger partial charge in [-0.25, -0.2) is 13.8 Å². The van der Waals surface area contributed by atoms with Crippen LogP contribution in [0.4, 0.5) is 14.5 Å². The molecule has 2 heterocycles. The third-order valence-corrected chi connectivity index (χ3v) is 7.33. The maximum absolute atomic E-state index is 13.4. The van der Waals surface area contributed by atoms with Crippen molar-refractivity contribution >= 4 is 28.4 Å². The van der Waals surface area contributed by atoms with Crippen molar-refractivity contribution in [2.24, 2.45) is 0 Å². The standard InChI is InChI=1S/C29H39F2N7O2/c1-5-25-23-13-20(3)26(14-24(23)34-38(25)19-27(30)31)37(12-11-32-6-2)29(40)16-33-15-28(39)35(4)36-17-21-9-7-8-10-22(21)18-36/h7-10,13-14,27,32-33H,5-6,11-12,15-19H2,1-4H3. The molecule has 9 nitrogen and oxygen atoms in total. The van der Waals surface area contributed by atoms with Crippen LogP contribution >= 0.6 is 0 Å². The number of aromatic nitrogens is 2. The summed E-state index contributed by atoms with van der Waals surface area (Å²) in [6, 6.07) is 11.9. The van der Waals surface area contributed by atoms with E-state index in [1.807, 2.05) is 44.0 Å². The number of carbonyl (C=O) groups is 2. The van der Waals surface area contributed by atoms with Crippen molar-refractivity contribution in [1.29, 1.82) is 0 Å². The van der Waals surface area contributed by atoms with Crippen molar-refractivity contribution in [3.05, 3.63) is 58.8 Å². The Morgan fingerprint density at radius 3 is 2.35 bits per heavy atom. The number of nitrogens with zero attached hydrogens (tertiary/aromatic N) is 5. The first-order valence-electron chi connectivity index (χ1n) is 13.8. The molecule has 0 bridgehead atoms. The third-order valence-electron chi connectivity index (χ3n) is 7.33. The Bertz CT molecular complexity index is 1320. The molecule has 3 aromatic rings. The highest BCUT2D eigenvalue weighted by Crippen LogP contribution is 2.29. The Hall–Kier alpha value is -3.41. The average molecular weight is 556 g/mol. The molecule has 0 aliphatic carbocycles. The summed E-state index contributed by atoms with van der Waals surface area (Å²) in [5.41, 5.74) is 5.28. The summed E-state index contributed by atoms with van der Waals surface area (Å²) in [7, 11) is 1.75. The number of hydrogen-bond acceptors (Lipinski definition) is 6. The topological polar surface area (TPSA) is 85.7 Å². The summed E-state index contributed by atoms with van der Waals surface area (Å²) < 4.78 is 27.7. The number of likely N-dealkylation sites (N-methyl/N-ethyl adjacent to an activating group) is 2. The number of nitrogens with one attached hydrogen (secondary N) is 2. The molecule has 1 aliphatic heterocycles. The fourth-order valence-electron chi connectivity index (χ4n) is 5.19. The summed E-state index contributed by atoms with van der Waals surface area (Å²) in [6.45, 7) is 8.45. The van der Waals surface area contributed by atoms with Crippen molar-refractivity contribution in [2.75, 3.05) is 44.7 Å². The number of hydrogen-bond donors (Lipinski definition) is 2. The Morgan fingerprint density at radius 2 is 1.73 bits per heavy atom. The SMILES string of the molecule is CCNCCN(C(=O)CNCC(=O)N(C)N1Cc2ccccc2C1)c1cc2nn(CC(F)F)c(CC)c2cc1C. The number of benzene rings is 2. The number of fused-ring (bicyclic) bond motifs is 2. The van der Waals surface area contributed by atoms with Gasteiger partial charge in [0.1, 0.15) is 6.54 Å². The maximum Gasteiger partial charge on any atom is 0.257 e. The van der Waals surface area contributed by atoms with Gasteiger partial charge < -0.3 is 10.2 Å². The number of alkyl halides is 2. The molecule has 0 radical (unpaired) electrons. The van der Waals surface area contributed by atoms with Crippen LogP contribution in [-0.4, -0.2) is 77.8 Å². The Morgan fingerprint density at radius 1 is 1.05 bits per heavy atom. The summed E-state index contributed by atoms with van der Waals surface area (Å²) in [5, 5.41) is 15.1. The molecule has 216 valence electrons. The van der Waals surface area contributed by atoms with Crippen LogP contribution in [0.3, 0.4) is 0 Å². The summed E-state index contributed by atoms with van der Waals surface area (Å²) in [5.74, 6) is -0.318. The monoisotopic (exact) mass is 555 g/mol. The first kappa shape index (κ1) is 29.6. The molecular formula is C29H39F2N7O2. The minimum atomic E-state index is -2.51.